The number of carbonyl (C=O) groups is 1. The summed E-state index contributed by atoms with van der Waals surface area (Å²) in [6.07, 6.45) is 2.09. The van der Waals surface area contributed by atoms with Crippen LogP contribution in [0.2, 0.25) is 0 Å². The lowest BCUT2D eigenvalue weighted by molar-refractivity contribution is -0.116. The van der Waals surface area contributed by atoms with Crippen molar-refractivity contribution in [2.75, 3.05) is 11.9 Å². The van der Waals surface area contributed by atoms with Crippen molar-refractivity contribution in [2.24, 2.45) is 0 Å². The predicted octanol–water partition coefficient (Wildman–Crippen LogP) is 1.52. The van der Waals surface area contributed by atoms with E-state index < -0.39 is 0 Å². The topological polar surface area (TPSA) is 80.0 Å². The van der Waals surface area contributed by atoms with E-state index in [9.17, 15) is 4.79 Å². The number of aliphatic hydroxyl groups excluding tert-OH is 1. The molecule has 1 aromatic carbocycles. The molecule has 0 radical (unpaired) electrons. The molecule has 7 heteroatoms. The van der Waals surface area contributed by atoms with Crippen LogP contribution in [-0.4, -0.2) is 32.6 Å². The van der Waals surface area contributed by atoms with Crippen LogP contribution < -0.4 is 5.32 Å². The molecule has 1 amide bonds. The molecule has 0 fully saturated rings. The number of benzene rings is 1. The molecule has 6 nitrogen and oxygen atoms in total. The summed E-state index contributed by atoms with van der Waals surface area (Å²) < 4.78 is 2.42. The maximum atomic E-state index is 11.9. The number of aliphatic hydroxyl groups is 1. The van der Waals surface area contributed by atoms with Crippen molar-refractivity contribution in [3.63, 3.8) is 0 Å². The van der Waals surface area contributed by atoms with Gasteiger partial charge in [0.2, 0.25) is 5.91 Å². The predicted molar refractivity (Wildman–Crippen MR) is 78.3 cm³/mol. The van der Waals surface area contributed by atoms with Crippen LogP contribution in [0.25, 0.3) is 0 Å². The third kappa shape index (κ3) is 3.88. The quantitative estimate of drug-likeness (QED) is 0.866. The number of rotatable bonds is 5. The van der Waals surface area contributed by atoms with E-state index >= 15 is 0 Å². The largest absolute Gasteiger partial charge is 0.396 e. The Hall–Kier alpha value is -1.73. The van der Waals surface area contributed by atoms with Gasteiger partial charge < -0.3 is 10.4 Å². The summed E-state index contributed by atoms with van der Waals surface area (Å²) in [4.78, 5) is 11.9. The van der Waals surface area contributed by atoms with Gasteiger partial charge in [-0.15, -0.1) is 5.10 Å². The first-order valence-electron chi connectivity index (χ1n) is 6.14. The molecule has 0 saturated heterocycles. The van der Waals surface area contributed by atoms with Crippen LogP contribution in [0.5, 0.6) is 0 Å². The van der Waals surface area contributed by atoms with Crippen LogP contribution in [0.1, 0.15) is 11.3 Å². The highest BCUT2D eigenvalue weighted by molar-refractivity contribution is 9.10. The minimum absolute atomic E-state index is 0.0168. The highest BCUT2D eigenvalue weighted by Crippen LogP contribution is 2.19. The summed E-state index contributed by atoms with van der Waals surface area (Å²) in [6, 6.07) is 5.65. The maximum absolute atomic E-state index is 11.9. The van der Waals surface area contributed by atoms with E-state index in [1.165, 1.54) is 4.68 Å². The average Bonchev–Trinajstić information content (AvgIpc) is 2.81. The Morgan fingerprint density at radius 2 is 2.30 bits per heavy atom. The minimum Gasteiger partial charge on any atom is -0.396 e. The molecule has 1 heterocycles. The molecule has 0 spiro atoms. The van der Waals surface area contributed by atoms with Crippen LogP contribution in [0, 0.1) is 6.92 Å². The van der Waals surface area contributed by atoms with Gasteiger partial charge in [-0.25, -0.2) is 4.68 Å². The van der Waals surface area contributed by atoms with Gasteiger partial charge in [-0.2, -0.15) is 0 Å². The molecule has 0 unspecified atom stereocenters. The first-order chi connectivity index (χ1) is 9.58. The summed E-state index contributed by atoms with van der Waals surface area (Å²) >= 11 is 3.38. The Labute approximate surface area is 124 Å². The van der Waals surface area contributed by atoms with E-state index in [1.807, 2.05) is 25.1 Å². The van der Waals surface area contributed by atoms with Crippen LogP contribution in [0.15, 0.2) is 28.9 Å². The molecule has 0 aliphatic rings. The maximum Gasteiger partial charge on any atom is 0.246 e. The molecule has 20 heavy (non-hydrogen) atoms. The van der Waals surface area contributed by atoms with Crippen molar-refractivity contribution in [2.45, 2.75) is 19.9 Å². The zero-order valence-corrected chi connectivity index (χ0v) is 12.6. The second-order valence-corrected chi connectivity index (χ2v) is 5.30. The summed E-state index contributed by atoms with van der Waals surface area (Å²) in [7, 11) is 0. The molecular weight excluding hydrogens is 324 g/mol. The number of nitrogens with zero attached hydrogens (tertiary/aromatic N) is 3. The van der Waals surface area contributed by atoms with Crippen molar-refractivity contribution in [1.29, 1.82) is 0 Å². The van der Waals surface area contributed by atoms with Crippen molar-refractivity contribution in [3.05, 3.63) is 40.1 Å². The third-order valence-corrected chi connectivity index (χ3v) is 3.22. The molecule has 2 rings (SSSR count). The van der Waals surface area contributed by atoms with Crippen molar-refractivity contribution in [3.8, 4) is 0 Å². The Bertz CT molecular complexity index is 612. The van der Waals surface area contributed by atoms with Gasteiger partial charge in [-0.1, -0.05) is 21.1 Å². The smallest absolute Gasteiger partial charge is 0.246 e. The van der Waals surface area contributed by atoms with Crippen LogP contribution >= 0.6 is 15.9 Å². The first-order valence-corrected chi connectivity index (χ1v) is 6.93. The molecular formula is C13H15BrN4O2. The van der Waals surface area contributed by atoms with Gasteiger partial charge in [-0.05, 0) is 30.7 Å². The SMILES string of the molecule is Cc1cc(Br)ccc1NC(=O)Cn1cc(CCO)nn1. The molecule has 0 aliphatic heterocycles. The lowest BCUT2D eigenvalue weighted by Crippen LogP contribution is -2.19. The standard InChI is InChI=1S/C13H15BrN4O2/c1-9-6-10(14)2-3-12(9)15-13(20)8-18-7-11(4-5-19)16-17-18/h2-3,6-7,19H,4-5,8H2,1H3,(H,15,20). The lowest BCUT2D eigenvalue weighted by atomic mass is 10.2. The van der Waals surface area contributed by atoms with Gasteiger partial charge in [0.1, 0.15) is 6.54 Å². The van der Waals surface area contributed by atoms with Gasteiger partial charge in [0.15, 0.2) is 0 Å². The molecule has 0 aliphatic carbocycles. The Kier molecular flexibility index (Phi) is 4.86. The van der Waals surface area contributed by atoms with E-state index in [1.54, 1.807) is 6.20 Å². The number of aryl methyl sites for hydroxylation is 1. The van der Waals surface area contributed by atoms with Crippen LogP contribution in [0.4, 0.5) is 5.69 Å². The zero-order chi connectivity index (χ0) is 14.5. The monoisotopic (exact) mass is 338 g/mol. The van der Waals surface area contributed by atoms with Crippen LogP contribution in [-0.2, 0) is 17.8 Å². The van der Waals surface area contributed by atoms with Crippen molar-refractivity contribution in [1.82, 2.24) is 15.0 Å². The fraction of sp³-hybridized carbons (Fsp3) is 0.308. The fourth-order valence-corrected chi connectivity index (χ4v) is 2.22. The summed E-state index contributed by atoms with van der Waals surface area (Å²) in [5.74, 6) is -0.170. The second kappa shape index (κ2) is 6.62. The lowest BCUT2D eigenvalue weighted by Gasteiger charge is -2.08. The zero-order valence-electron chi connectivity index (χ0n) is 11.0. The Morgan fingerprint density at radius 3 is 3.00 bits per heavy atom. The number of amides is 1. The number of aromatic nitrogens is 3. The van der Waals surface area contributed by atoms with Crippen LogP contribution in [0.3, 0.4) is 0 Å². The first kappa shape index (κ1) is 14.7. The number of hydrogen-bond acceptors (Lipinski definition) is 4. The van der Waals surface area contributed by atoms with Crippen molar-refractivity contribution >= 4 is 27.5 Å². The molecule has 0 atom stereocenters. The van der Waals surface area contributed by atoms with E-state index in [0.29, 0.717) is 12.1 Å². The highest BCUT2D eigenvalue weighted by atomic mass is 79.9. The molecule has 1 aromatic heterocycles. The van der Waals surface area contributed by atoms with Gasteiger partial charge >= 0.3 is 0 Å². The highest BCUT2D eigenvalue weighted by Gasteiger charge is 2.08. The van der Waals surface area contributed by atoms with E-state index in [4.69, 9.17) is 5.11 Å². The molecule has 2 aromatic rings. The van der Waals surface area contributed by atoms with E-state index in [2.05, 4.69) is 31.6 Å². The summed E-state index contributed by atoms with van der Waals surface area (Å²) in [6.45, 7) is 2.03. The number of nitrogens with one attached hydrogen (secondary N) is 1. The minimum atomic E-state index is -0.170. The molecule has 0 bridgehead atoms. The number of halogens is 1. The van der Waals surface area contributed by atoms with Gasteiger partial charge in [0, 0.05) is 29.4 Å². The number of anilines is 1. The van der Waals surface area contributed by atoms with Gasteiger partial charge in [0.05, 0.1) is 5.69 Å². The Balaban J connectivity index is 1.97. The molecule has 106 valence electrons. The van der Waals surface area contributed by atoms with Gasteiger partial charge in [0.25, 0.3) is 0 Å². The van der Waals surface area contributed by atoms with E-state index in [-0.39, 0.29) is 19.1 Å². The average molecular weight is 339 g/mol. The van der Waals surface area contributed by atoms with Crippen molar-refractivity contribution < 1.29 is 9.90 Å². The fourth-order valence-electron chi connectivity index (χ4n) is 1.75. The van der Waals surface area contributed by atoms with Gasteiger partial charge in [-0.3, -0.25) is 4.79 Å². The molecule has 2 N–H and O–H groups in total. The third-order valence-electron chi connectivity index (χ3n) is 2.72. The summed E-state index contributed by atoms with van der Waals surface area (Å²) in [5.41, 5.74) is 2.42. The number of hydrogen-bond donors (Lipinski definition) is 2. The normalized spacial score (nSPS) is 10.6. The van der Waals surface area contributed by atoms with E-state index in [0.717, 1.165) is 15.7 Å². The Morgan fingerprint density at radius 1 is 1.50 bits per heavy atom. The molecule has 0 saturated carbocycles. The number of carbonyl (C=O) groups excluding carboxylic acids is 1. The summed E-state index contributed by atoms with van der Waals surface area (Å²) in [5, 5.41) is 19.3. The second-order valence-electron chi connectivity index (χ2n) is 4.39.